The number of allylic oxidation sites excluding steroid dienone is 2. The van der Waals surface area contributed by atoms with Crippen molar-refractivity contribution < 1.29 is 31.4 Å². The molecule has 3 aromatic carbocycles. The Morgan fingerprint density at radius 3 is 2.16 bits per heavy atom. The van der Waals surface area contributed by atoms with E-state index in [0.29, 0.717) is 33.4 Å². The van der Waals surface area contributed by atoms with E-state index in [-0.39, 0.29) is 22.6 Å². The number of hydrogen-bond donors (Lipinski definition) is 0. The van der Waals surface area contributed by atoms with Crippen LogP contribution in [0.1, 0.15) is 42.0 Å². The summed E-state index contributed by atoms with van der Waals surface area (Å²) in [6.45, 7) is -5.90. The first-order chi connectivity index (χ1) is 20.8. The van der Waals surface area contributed by atoms with Crippen LogP contribution in [-0.4, -0.2) is 17.8 Å². The smallest absolute Gasteiger partial charge is 0.387 e. The first-order valence-electron chi connectivity index (χ1n) is 13.4. The molecule has 2 heterocycles. The third-order valence-corrected chi connectivity index (χ3v) is 8.18. The molecule has 0 radical (unpaired) electrons. The van der Waals surface area contributed by atoms with Crippen molar-refractivity contribution in [1.29, 1.82) is 0 Å². The van der Waals surface area contributed by atoms with Crippen LogP contribution in [0.15, 0.2) is 99.4 Å². The number of hydrogen-bond acceptors (Lipinski definition) is 5. The van der Waals surface area contributed by atoms with Crippen LogP contribution in [0.3, 0.4) is 0 Å². The van der Waals surface area contributed by atoms with Crippen molar-refractivity contribution in [3.8, 4) is 11.5 Å². The maximum atomic E-state index is 14.5. The standard InChI is InChI=1S/C32H23F5N2O3S/c33-25-7-2-1-4-20(25)17-26-29(40)39-28(19-10-14-23(15-11-19)42-31(36)37)24-6-3-5-21(27(24)38-32(39)43-26)16-18-8-12-22(13-9-18)41-30(34)35/h1-2,4,7-17,28,30-31H,3,5-6H2/b21-16-,26-17+. The predicted octanol–water partition coefficient (Wildman–Crippen LogP) is 6.82. The van der Waals surface area contributed by atoms with Crippen LogP contribution in [-0.2, 0) is 0 Å². The van der Waals surface area contributed by atoms with Crippen LogP contribution in [0, 0.1) is 5.82 Å². The lowest BCUT2D eigenvalue weighted by atomic mass is 9.84. The van der Waals surface area contributed by atoms with Crippen LogP contribution < -0.4 is 24.4 Å². The topological polar surface area (TPSA) is 52.8 Å². The molecule has 2 aliphatic rings. The SMILES string of the molecule is O=c1/c(=C\c2ccccc2F)sc2n1C(c1ccc(OC(F)F)cc1)C1=C(N=2)/C(=C\c2ccc(OC(F)F)cc2)CCC1. The van der Waals surface area contributed by atoms with Gasteiger partial charge in [-0.2, -0.15) is 17.6 Å². The molecule has 1 aromatic heterocycles. The van der Waals surface area contributed by atoms with Crippen LogP contribution in [0.4, 0.5) is 22.0 Å². The Hall–Kier alpha value is -4.51. The van der Waals surface area contributed by atoms with Gasteiger partial charge < -0.3 is 9.47 Å². The van der Waals surface area contributed by atoms with Gasteiger partial charge in [-0.25, -0.2) is 9.38 Å². The molecule has 0 spiro atoms. The van der Waals surface area contributed by atoms with Gasteiger partial charge in [0, 0.05) is 5.56 Å². The Morgan fingerprint density at radius 2 is 1.51 bits per heavy atom. The summed E-state index contributed by atoms with van der Waals surface area (Å²) in [7, 11) is 0. The van der Waals surface area contributed by atoms with Crippen molar-refractivity contribution >= 4 is 23.5 Å². The molecular weight excluding hydrogens is 587 g/mol. The van der Waals surface area contributed by atoms with Crippen molar-refractivity contribution in [2.75, 3.05) is 0 Å². The zero-order valence-electron chi connectivity index (χ0n) is 22.4. The molecule has 5 nitrogen and oxygen atoms in total. The molecule has 0 N–H and O–H groups in total. The summed E-state index contributed by atoms with van der Waals surface area (Å²) in [4.78, 5) is 19.1. The zero-order chi connectivity index (χ0) is 30.1. The van der Waals surface area contributed by atoms with E-state index in [0.717, 1.165) is 34.5 Å². The number of alkyl halides is 4. The third-order valence-electron chi connectivity index (χ3n) is 7.19. The van der Waals surface area contributed by atoms with Crippen LogP contribution in [0.2, 0.25) is 0 Å². The van der Waals surface area contributed by atoms with Gasteiger partial charge in [-0.05, 0) is 84.0 Å². The highest BCUT2D eigenvalue weighted by Crippen LogP contribution is 2.41. The van der Waals surface area contributed by atoms with Gasteiger partial charge in [-0.15, -0.1) is 0 Å². The average Bonchev–Trinajstić information content (AvgIpc) is 3.28. The minimum atomic E-state index is -2.97. The van der Waals surface area contributed by atoms with E-state index >= 15 is 0 Å². The molecule has 1 aliphatic heterocycles. The monoisotopic (exact) mass is 610 g/mol. The molecule has 1 atom stereocenters. The Bertz CT molecular complexity index is 1890. The highest BCUT2D eigenvalue weighted by Gasteiger charge is 2.32. The van der Waals surface area contributed by atoms with Gasteiger partial charge in [-0.3, -0.25) is 9.36 Å². The predicted molar refractivity (Wildman–Crippen MR) is 152 cm³/mol. The summed E-state index contributed by atoms with van der Waals surface area (Å²) in [5.74, 6) is -0.430. The molecule has 0 fully saturated rings. The number of nitrogens with zero attached hydrogens (tertiary/aromatic N) is 2. The van der Waals surface area contributed by atoms with Gasteiger partial charge in [0.15, 0.2) is 4.80 Å². The van der Waals surface area contributed by atoms with Crippen molar-refractivity contribution in [3.63, 3.8) is 0 Å². The molecule has 220 valence electrons. The number of thiazole rings is 1. The van der Waals surface area contributed by atoms with Gasteiger partial charge in [0.05, 0.1) is 16.3 Å². The molecule has 4 aromatic rings. The fraction of sp³-hybridized carbons (Fsp3) is 0.188. The van der Waals surface area contributed by atoms with E-state index in [1.54, 1.807) is 47.0 Å². The van der Waals surface area contributed by atoms with Crippen molar-refractivity contribution in [2.45, 2.75) is 38.5 Å². The van der Waals surface area contributed by atoms with Gasteiger partial charge in [-0.1, -0.05) is 53.8 Å². The molecule has 11 heteroatoms. The van der Waals surface area contributed by atoms with Gasteiger partial charge in [0.1, 0.15) is 17.3 Å². The molecule has 1 unspecified atom stereocenters. The van der Waals surface area contributed by atoms with Crippen molar-refractivity contribution in [3.05, 3.63) is 132 Å². The summed E-state index contributed by atoms with van der Waals surface area (Å²) in [5.41, 5.74) is 3.84. The van der Waals surface area contributed by atoms with Crippen molar-refractivity contribution in [2.24, 2.45) is 4.99 Å². The molecule has 0 saturated heterocycles. The number of benzene rings is 3. The summed E-state index contributed by atoms with van der Waals surface area (Å²) in [5, 5.41) is 0. The molecule has 0 saturated carbocycles. The number of rotatable bonds is 7. The Labute approximate surface area is 246 Å². The maximum absolute atomic E-state index is 14.5. The average molecular weight is 611 g/mol. The van der Waals surface area contributed by atoms with Crippen molar-refractivity contribution in [1.82, 2.24) is 4.57 Å². The second kappa shape index (κ2) is 12.0. The van der Waals surface area contributed by atoms with E-state index < -0.39 is 25.1 Å². The minimum absolute atomic E-state index is 0.0107. The first kappa shape index (κ1) is 28.6. The van der Waals surface area contributed by atoms with E-state index in [2.05, 4.69) is 9.47 Å². The van der Waals surface area contributed by atoms with E-state index in [1.165, 1.54) is 36.4 Å². The third kappa shape index (κ3) is 6.03. The summed E-state index contributed by atoms with van der Waals surface area (Å²) < 4.78 is 76.1. The first-order valence-corrected chi connectivity index (χ1v) is 14.2. The lowest BCUT2D eigenvalue weighted by Crippen LogP contribution is -2.39. The normalized spacial score (nSPS) is 17.7. The second-order valence-electron chi connectivity index (χ2n) is 9.90. The lowest BCUT2D eigenvalue weighted by molar-refractivity contribution is -0.0505. The van der Waals surface area contributed by atoms with Gasteiger partial charge in [0.25, 0.3) is 5.56 Å². The molecular formula is C32H23F5N2O3S. The number of ether oxygens (including phenoxy) is 2. The molecule has 1 aliphatic carbocycles. The van der Waals surface area contributed by atoms with E-state index in [9.17, 15) is 26.7 Å². The molecule has 0 amide bonds. The quantitative estimate of drug-likeness (QED) is 0.216. The van der Waals surface area contributed by atoms with Crippen LogP contribution in [0.25, 0.3) is 12.2 Å². The second-order valence-corrected chi connectivity index (χ2v) is 10.9. The van der Waals surface area contributed by atoms with Crippen LogP contribution in [0.5, 0.6) is 11.5 Å². The number of halogens is 5. The molecule has 43 heavy (non-hydrogen) atoms. The lowest BCUT2D eigenvalue weighted by Gasteiger charge is -2.31. The molecule has 0 bridgehead atoms. The van der Waals surface area contributed by atoms with E-state index in [1.807, 2.05) is 6.08 Å². The zero-order valence-corrected chi connectivity index (χ0v) is 23.2. The Kier molecular flexibility index (Phi) is 7.98. The fourth-order valence-electron chi connectivity index (χ4n) is 5.37. The fourth-order valence-corrected chi connectivity index (χ4v) is 6.36. The summed E-state index contributed by atoms with van der Waals surface area (Å²) in [6, 6.07) is 18.0. The summed E-state index contributed by atoms with van der Waals surface area (Å²) >= 11 is 1.14. The Morgan fingerprint density at radius 1 is 0.860 bits per heavy atom. The number of fused-ring (bicyclic) bond motifs is 1. The molecule has 6 rings (SSSR count). The minimum Gasteiger partial charge on any atom is -0.435 e. The van der Waals surface area contributed by atoms with Crippen LogP contribution >= 0.6 is 11.3 Å². The number of aromatic nitrogens is 1. The largest absolute Gasteiger partial charge is 0.435 e. The van der Waals surface area contributed by atoms with Gasteiger partial charge >= 0.3 is 13.2 Å². The summed E-state index contributed by atoms with van der Waals surface area (Å²) in [6.07, 6.45) is 5.51. The highest BCUT2D eigenvalue weighted by atomic mass is 32.1. The highest BCUT2D eigenvalue weighted by molar-refractivity contribution is 7.07. The maximum Gasteiger partial charge on any atom is 0.387 e. The van der Waals surface area contributed by atoms with E-state index in [4.69, 9.17) is 4.99 Å². The van der Waals surface area contributed by atoms with Gasteiger partial charge in [0.2, 0.25) is 0 Å². The Balaban J connectivity index is 1.50.